The molecule has 0 aliphatic heterocycles. The zero-order valence-electron chi connectivity index (χ0n) is 15.8. The van der Waals surface area contributed by atoms with Gasteiger partial charge in [-0.3, -0.25) is 9.59 Å². The summed E-state index contributed by atoms with van der Waals surface area (Å²) in [6.07, 6.45) is 1.87. The third-order valence-electron chi connectivity index (χ3n) is 4.43. The number of hydrogen-bond acceptors (Lipinski definition) is 3. The number of anilines is 1. The summed E-state index contributed by atoms with van der Waals surface area (Å²) in [6, 6.07) is 12.1. The van der Waals surface area contributed by atoms with Gasteiger partial charge in [-0.2, -0.15) is 0 Å². The van der Waals surface area contributed by atoms with Crippen molar-refractivity contribution in [2.45, 2.75) is 19.4 Å². The third kappa shape index (κ3) is 6.60. The number of urea groups is 1. The SMILES string of the molecule is O=C(NCCNC(=O)c1ccc(NC(=O)C2CC2)cc1)NCc1ccc(F)cc1. The predicted molar refractivity (Wildman–Crippen MR) is 107 cm³/mol. The Morgan fingerprint density at radius 1 is 0.862 bits per heavy atom. The van der Waals surface area contributed by atoms with Crippen LogP contribution in [-0.4, -0.2) is 30.9 Å². The minimum atomic E-state index is -0.376. The van der Waals surface area contributed by atoms with Gasteiger partial charge in [-0.25, -0.2) is 9.18 Å². The van der Waals surface area contributed by atoms with Crippen LogP contribution < -0.4 is 21.3 Å². The molecule has 3 rings (SSSR count). The molecule has 8 heteroatoms. The van der Waals surface area contributed by atoms with E-state index < -0.39 is 0 Å². The molecule has 0 bridgehead atoms. The number of benzene rings is 2. The maximum absolute atomic E-state index is 12.8. The van der Waals surface area contributed by atoms with Crippen molar-refractivity contribution in [3.8, 4) is 0 Å². The molecular formula is C21H23FN4O3. The van der Waals surface area contributed by atoms with Crippen molar-refractivity contribution in [2.75, 3.05) is 18.4 Å². The molecular weight excluding hydrogens is 375 g/mol. The van der Waals surface area contributed by atoms with Crippen molar-refractivity contribution in [1.29, 1.82) is 0 Å². The highest BCUT2D eigenvalue weighted by Gasteiger charge is 2.29. The average Bonchev–Trinajstić information content (AvgIpc) is 3.57. The number of carbonyl (C=O) groups excluding carboxylic acids is 3. The first-order chi connectivity index (χ1) is 14.0. The Hall–Kier alpha value is -3.42. The molecule has 0 aromatic heterocycles. The van der Waals surface area contributed by atoms with E-state index in [-0.39, 0.29) is 49.2 Å². The van der Waals surface area contributed by atoms with E-state index in [0.29, 0.717) is 11.3 Å². The van der Waals surface area contributed by atoms with Crippen LogP contribution in [0.4, 0.5) is 14.9 Å². The molecule has 0 radical (unpaired) electrons. The second-order valence-corrected chi connectivity index (χ2v) is 6.83. The average molecular weight is 398 g/mol. The van der Waals surface area contributed by atoms with Crippen LogP contribution in [-0.2, 0) is 11.3 Å². The Morgan fingerprint density at radius 3 is 2.17 bits per heavy atom. The topological polar surface area (TPSA) is 99.3 Å². The van der Waals surface area contributed by atoms with E-state index in [0.717, 1.165) is 18.4 Å². The second kappa shape index (κ2) is 9.68. The van der Waals surface area contributed by atoms with Crippen molar-refractivity contribution < 1.29 is 18.8 Å². The van der Waals surface area contributed by atoms with Crippen molar-refractivity contribution in [3.05, 3.63) is 65.5 Å². The zero-order chi connectivity index (χ0) is 20.6. The molecule has 0 spiro atoms. The fraction of sp³-hybridized carbons (Fsp3) is 0.286. The normalized spacial score (nSPS) is 12.7. The zero-order valence-corrected chi connectivity index (χ0v) is 15.8. The van der Waals surface area contributed by atoms with Crippen LogP contribution in [0.15, 0.2) is 48.5 Å². The molecule has 0 atom stereocenters. The molecule has 4 amide bonds. The minimum Gasteiger partial charge on any atom is -0.350 e. The fourth-order valence-electron chi connectivity index (χ4n) is 2.60. The summed E-state index contributed by atoms with van der Waals surface area (Å²) < 4.78 is 12.8. The van der Waals surface area contributed by atoms with E-state index in [1.807, 2.05) is 0 Å². The Bertz CT molecular complexity index is 864. The van der Waals surface area contributed by atoms with Crippen LogP contribution in [0.5, 0.6) is 0 Å². The summed E-state index contributed by atoms with van der Waals surface area (Å²) in [5, 5.41) is 10.8. The number of carbonyl (C=O) groups is 3. The highest BCUT2D eigenvalue weighted by Crippen LogP contribution is 2.30. The first-order valence-corrected chi connectivity index (χ1v) is 9.46. The van der Waals surface area contributed by atoms with Crippen LogP contribution in [0.2, 0.25) is 0 Å². The summed E-state index contributed by atoms with van der Waals surface area (Å²) in [4.78, 5) is 35.6. The molecule has 0 heterocycles. The van der Waals surface area contributed by atoms with E-state index in [2.05, 4.69) is 21.3 Å². The van der Waals surface area contributed by atoms with Crippen LogP contribution in [0.25, 0.3) is 0 Å². The van der Waals surface area contributed by atoms with Crippen LogP contribution in [0.1, 0.15) is 28.8 Å². The van der Waals surface area contributed by atoms with Gasteiger partial charge < -0.3 is 21.3 Å². The van der Waals surface area contributed by atoms with Crippen molar-refractivity contribution >= 4 is 23.5 Å². The van der Waals surface area contributed by atoms with Gasteiger partial charge in [-0.05, 0) is 54.8 Å². The van der Waals surface area contributed by atoms with Crippen molar-refractivity contribution in [1.82, 2.24) is 16.0 Å². The summed E-state index contributed by atoms with van der Waals surface area (Å²) in [5.41, 5.74) is 1.92. The van der Waals surface area contributed by atoms with E-state index >= 15 is 0 Å². The van der Waals surface area contributed by atoms with Gasteiger partial charge in [0.05, 0.1) is 0 Å². The highest BCUT2D eigenvalue weighted by molar-refractivity contribution is 5.96. The molecule has 1 fully saturated rings. The molecule has 152 valence electrons. The lowest BCUT2D eigenvalue weighted by Crippen LogP contribution is -2.40. The van der Waals surface area contributed by atoms with Crippen molar-refractivity contribution in [2.24, 2.45) is 5.92 Å². The summed E-state index contributed by atoms with van der Waals surface area (Å²) in [5.74, 6) is -0.450. The van der Waals surface area contributed by atoms with E-state index in [9.17, 15) is 18.8 Å². The lowest BCUT2D eigenvalue weighted by Gasteiger charge is -2.09. The van der Waals surface area contributed by atoms with Gasteiger partial charge in [0.25, 0.3) is 5.91 Å². The van der Waals surface area contributed by atoms with E-state index in [1.165, 1.54) is 12.1 Å². The van der Waals surface area contributed by atoms with Crippen LogP contribution in [0, 0.1) is 11.7 Å². The minimum absolute atomic E-state index is 0.0194. The summed E-state index contributed by atoms with van der Waals surface area (Å²) >= 11 is 0. The molecule has 0 unspecified atom stereocenters. The van der Waals surface area contributed by atoms with E-state index in [1.54, 1.807) is 36.4 Å². The van der Waals surface area contributed by atoms with Crippen LogP contribution in [0.3, 0.4) is 0 Å². The fourth-order valence-corrected chi connectivity index (χ4v) is 2.60. The largest absolute Gasteiger partial charge is 0.350 e. The molecule has 4 N–H and O–H groups in total. The molecule has 1 saturated carbocycles. The number of halogens is 1. The summed E-state index contributed by atoms with van der Waals surface area (Å²) in [6.45, 7) is 0.807. The van der Waals surface area contributed by atoms with Gasteiger partial charge in [0.2, 0.25) is 5.91 Å². The third-order valence-corrected chi connectivity index (χ3v) is 4.43. The maximum Gasteiger partial charge on any atom is 0.315 e. The first kappa shape index (κ1) is 20.3. The highest BCUT2D eigenvalue weighted by atomic mass is 19.1. The molecule has 1 aliphatic carbocycles. The Labute approximate surface area is 168 Å². The standard InChI is InChI=1S/C21H23FN4O3/c22-17-7-1-14(2-8-17)13-25-21(29)24-12-11-23-19(27)15-5-9-18(10-6-15)26-20(28)16-3-4-16/h1-2,5-10,16H,3-4,11-13H2,(H,23,27)(H,26,28)(H2,24,25,29). The van der Waals surface area contributed by atoms with Gasteiger partial charge in [0, 0.05) is 36.8 Å². The Balaban J connectivity index is 1.32. The van der Waals surface area contributed by atoms with Crippen molar-refractivity contribution in [3.63, 3.8) is 0 Å². The second-order valence-electron chi connectivity index (χ2n) is 6.83. The predicted octanol–water partition coefficient (Wildman–Crippen LogP) is 2.40. The molecule has 7 nitrogen and oxygen atoms in total. The van der Waals surface area contributed by atoms with E-state index in [4.69, 9.17) is 0 Å². The smallest absolute Gasteiger partial charge is 0.315 e. The lowest BCUT2D eigenvalue weighted by molar-refractivity contribution is -0.117. The Morgan fingerprint density at radius 2 is 1.52 bits per heavy atom. The number of nitrogens with one attached hydrogen (secondary N) is 4. The molecule has 2 aromatic rings. The number of hydrogen-bond donors (Lipinski definition) is 4. The maximum atomic E-state index is 12.8. The molecule has 2 aromatic carbocycles. The monoisotopic (exact) mass is 398 g/mol. The first-order valence-electron chi connectivity index (χ1n) is 9.46. The quantitative estimate of drug-likeness (QED) is 0.514. The number of rotatable bonds is 8. The molecule has 1 aliphatic rings. The van der Waals surface area contributed by atoms with Gasteiger partial charge in [-0.1, -0.05) is 12.1 Å². The van der Waals surface area contributed by atoms with Gasteiger partial charge >= 0.3 is 6.03 Å². The summed E-state index contributed by atoms with van der Waals surface area (Å²) in [7, 11) is 0. The molecule has 29 heavy (non-hydrogen) atoms. The lowest BCUT2D eigenvalue weighted by atomic mass is 10.2. The van der Waals surface area contributed by atoms with Crippen LogP contribution >= 0.6 is 0 Å². The van der Waals surface area contributed by atoms with Gasteiger partial charge in [0.15, 0.2) is 0 Å². The van der Waals surface area contributed by atoms with Gasteiger partial charge in [0.1, 0.15) is 5.82 Å². The Kier molecular flexibility index (Phi) is 6.78. The van der Waals surface area contributed by atoms with Gasteiger partial charge in [-0.15, -0.1) is 0 Å². The number of amides is 4. The molecule has 0 saturated heterocycles.